The first-order chi connectivity index (χ1) is 10.2. The maximum atomic E-state index is 11.5. The van der Waals surface area contributed by atoms with Crippen molar-refractivity contribution in [3.8, 4) is 0 Å². The maximum absolute atomic E-state index is 11.5. The minimum absolute atomic E-state index is 0. The van der Waals surface area contributed by atoms with Crippen LogP contribution in [0, 0.1) is 0 Å². The van der Waals surface area contributed by atoms with E-state index in [1.165, 1.54) is 0 Å². The molecule has 0 aliphatic rings. The van der Waals surface area contributed by atoms with E-state index in [2.05, 4.69) is 22.5 Å². The van der Waals surface area contributed by atoms with Gasteiger partial charge in [0.2, 0.25) is 0 Å². The van der Waals surface area contributed by atoms with Crippen molar-refractivity contribution in [2.75, 3.05) is 20.2 Å². The number of rotatable bonds is 7. The Morgan fingerprint density at radius 3 is 2.41 bits per heavy atom. The van der Waals surface area contributed by atoms with E-state index in [9.17, 15) is 4.79 Å². The van der Waals surface area contributed by atoms with E-state index in [0.717, 1.165) is 30.9 Å². The van der Waals surface area contributed by atoms with Crippen molar-refractivity contribution in [3.63, 3.8) is 0 Å². The van der Waals surface area contributed by atoms with E-state index in [-0.39, 0.29) is 29.9 Å². The molecule has 6 heteroatoms. The van der Waals surface area contributed by atoms with Crippen molar-refractivity contribution in [3.05, 3.63) is 35.4 Å². The van der Waals surface area contributed by atoms with Gasteiger partial charge in [-0.15, -0.1) is 24.0 Å². The van der Waals surface area contributed by atoms with Gasteiger partial charge in [-0.2, -0.15) is 0 Å². The normalized spacial score (nSPS) is 10.6. The van der Waals surface area contributed by atoms with E-state index in [4.69, 9.17) is 4.74 Å². The fourth-order valence-corrected chi connectivity index (χ4v) is 1.76. The lowest BCUT2D eigenvalue weighted by atomic mass is 10.1. The van der Waals surface area contributed by atoms with Gasteiger partial charge in [0.1, 0.15) is 0 Å². The first-order valence-electron chi connectivity index (χ1n) is 7.41. The third-order valence-electron chi connectivity index (χ3n) is 2.97. The van der Waals surface area contributed by atoms with Gasteiger partial charge in [-0.1, -0.05) is 25.5 Å². The molecule has 0 aliphatic heterocycles. The summed E-state index contributed by atoms with van der Waals surface area (Å²) in [5, 5.41) is 6.49. The molecule has 0 radical (unpaired) electrons. The van der Waals surface area contributed by atoms with Gasteiger partial charge in [0, 0.05) is 20.1 Å². The van der Waals surface area contributed by atoms with Crippen LogP contribution in [0.25, 0.3) is 0 Å². The lowest BCUT2D eigenvalue weighted by molar-refractivity contribution is 0.0526. The third kappa shape index (κ3) is 7.63. The lowest BCUT2D eigenvalue weighted by Gasteiger charge is -2.11. The molecule has 1 aromatic carbocycles. The third-order valence-corrected chi connectivity index (χ3v) is 2.97. The average molecular weight is 419 g/mol. The van der Waals surface area contributed by atoms with Crippen LogP contribution in [-0.4, -0.2) is 32.1 Å². The minimum atomic E-state index is -0.283. The van der Waals surface area contributed by atoms with E-state index >= 15 is 0 Å². The Kier molecular flexibility index (Phi) is 11.5. The van der Waals surface area contributed by atoms with Crippen molar-refractivity contribution < 1.29 is 9.53 Å². The topological polar surface area (TPSA) is 62.7 Å². The van der Waals surface area contributed by atoms with Gasteiger partial charge in [0.15, 0.2) is 5.96 Å². The number of nitrogens with one attached hydrogen (secondary N) is 2. The Morgan fingerprint density at radius 2 is 1.86 bits per heavy atom. The summed E-state index contributed by atoms with van der Waals surface area (Å²) in [6, 6.07) is 7.39. The molecule has 0 aromatic heterocycles. The number of halogens is 1. The summed E-state index contributed by atoms with van der Waals surface area (Å²) in [6.07, 6.45) is 2.27. The number of hydrogen-bond acceptors (Lipinski definition) is 3. The molecule has 0 fully saturated rings. The Hall–Kier alpha value is -1.31. The van der Waals surface area contributed by atoms with Crippen molar-refractivity contribution in [2.45, 2.75) is 33.2 Å². The number of nitrogens with zero attached hydrogens (tertiary/aromatic N) is 1. The Morgan fingerprint density at radius 1 is 1.18 bits per heavy atom. The van der Waals surface area contributed by atoms with Crippen LogP contribution in [0.5, 0.6) is 0 Å². The molecule has 0 bridgehead atoms. The molecule has 5 nitrogen and oxygen atoms in total. The van der Waals surface area contributed by atoms with Crippen LogP contribution >= 0.6 is 24.0 Å². The van der Waals surface area contributed by atoms with E-state index < -0.39 is 0 Å². The zero-order valence-electron chi connectivity index (χ0n) is 13.5. The summed E-state index contributed by atoms with van der Waals surface area (Å²) in [5.74, 6) is 0.506. The standard InChI is InChI=1S/C16H25N3O2.HI/c1-4-6-11-18-16(17-3)19-12-13-7-9-14(10-8-13)15(20)21-5-2;/h7-10H,4-6,11-12H2,1-3H3,(H2,17,18,19);1H. The predicted molar refractivity (Wildman–Crippen MR) is 101 cm³/mol. The van der Waals surface area contributed by atoms with Crippen LogP contribution in [-0.2, 0) is 11.3 Å². The van der Waals surface area contributed by atoms with Crippen LogP contribution in [0.2, 0.25) is 0 Å². The van der Waals surface area contributed by atoms with Gasteiger partial charge in [0.25, 0.3) is 0 Å². The summed E-state index contributed by atoms with van der Waals surface area (Å²) in [6.45, 7) is 5.92. The Labute approximate surface area is 149 Å². The van der Waals surface area contributed by atoms with Gasteiger partial charge >= 0.3 is 5.97 Å². The summed E-state index contributed by atoms with van der Waals surface area (Å²) < 4.78 is 4.95. The highest BCUT2D eigenvalue weighted by Crippen LogP contribution is 2.06. The minimum Gasteiger partial charge on any atom is -0.462 e. The number of carbonyl (C=O) groups excluding carboxylic acids is 1. The van der Waals surface area contributed by atoms with Crippen molar-refractivity contribution in [1.82, 2.24) is 10.6 Å². The molecule has 0 atom stereocenters. The predicted octanol–water partition coefficient (Wildman–Crippen LogP) is 2.95. The fourth-order valence-electron chi connectivity index (χ4n) is 1.76. The highest BCUT2D eigenvalue weighted by atomic mass is 127. The van der Waals surface area contributed by atoms with Crippen molar-refractivity contribution >= 4 is 35.9 Å². The number of guanidine groups is 1. The highest BCUT2D eigenvalue weighted by molar-refractivity contribution is 14.0. The van der Waals surface area contributed by atoms with Crippen LogP contribution in [0.1, 0.15) is 42.6 Å². The largest absolute Gasteiger partial charge is 0.462 e. The van der Waals surface area contributed by atoms with E-state index in [1.54, 1.807) is 26.1 Å². The number of benzene rings is 1. The SMILES string of the molecule is CCCCNC(=NC)NCc1ccc(C(=O)OCC)cc1.I. The van der Waals surface area contributed by atoms with Gasteiger partial charge in [-0.05, 0) is 31.0 Å². The van der Waals surface area contributed by atoms with Gasteiger partial charge < -0.3 is 15.4 Å². The Bertz CT molecular complexity index is 461. The zero-order valence-corrected chi connectivity index (χ0v) is 15.8. The zero-order chi connectivity index (χ0) is 15.5. The second-order valence-corrected chi connectivity index (χ2v) is 4.62. The molecule has 22 heavy (non-hydrogen) atoms. The number of esters is 1. The van der Waals surface area contributed by atoms with Crippen LogP contribution in [0.4, 0.5) is 0 Å². The summed E-state index contributed by atoms with van der Waals surface area (Å²) in [4.78, 5) is 15.7. The number of carbonyl (C=O) groups is 1. The molecule has 1 aromatic rings. The van der Waals surface area contributed by atoms with Gasteiger partial charge in [0.05, 0.1) is 12.2 Å². The van der Waals surface area contributed by atoms with Crippen LogP contribution < -0.4 is 10.6 Å². The second-order valence-electron chi connectivity index (χ2n) is 4.62. The highest BCUT2D eigenvalue weighted by Gasteiger charge is 2.05. The molecule has 0 saturated carbocycles. The molecule has 0 spiro atoms. The van der Waals surface area contributed by atoms with Gasteiger partial charge in [-0.25, -0.2) is 4.79 Å². The summed E-state index contributed by atoms with van der Waals surface area (Å²) >= 11 is 0. The summed E-state index contributed by atoms with van der Waals surface area (Å²) in [7, 11) is 1.76. The van der Waals surface area contributed by atoms with E-state index in [1.807, 2.05) is 12.1 Å². The first-order valence-corrected chi connectivity index (χ1v) is 7.41. The molecule has 124 valence electrons. The number of aliphatic imine (C=N–C) groups is 1. The van der Waals surface area contributed by atoms with Crippen LogP contribution in [0.3, 0.4) is 0 Å². The molecule has 1 rings (SSSR count). The van der Waals surface area contributed by atoms with Crippen molar-refractivity contribution in [1.29, 1.82) is 0 Å². The second kappa shape index (κ2) is 12.3. The number of hydrogen-bond donors (Lipinski definition) is 2. The smallest absolute Gasteiger partial charge is 0.338 e. The molecular formula is C16H26IN3O2. The van der Waals surface area contributed by atoms with Crippen molar-refractivity contribution in [2.24, 2.45) is 4.99 Å². The maximum Gasteiger partial charge on any atom is 0.338 e. The molecule has 0 saturated heterocycles. The molecular weight excluding hydrogens is 393 g/mol. The molecule has 2 N–H and O–H groups in total. The quantitative estimate of drug-likeness (QED) is 0.235. The Balaban J connectivity index is 0.00000441. The first kappa shape index (κ1) is 20.7. The lowest BCUT2D eigenvalue weighted by Crippen LogP contribution is -2.37. The van der Waals surface area contributed by atoms with E-state index in [0.29, 0.717) is 18.7 Å². The monoisotopic (exact) mass is 419 g/mol. The number of ether oxygens (including phenoxy) is 1. The molecule has 0 aliphatic carbocycles. The number of unbranched alkanes of at least 4 members (excludes halogenated alkanes) is 1. The molecule has 0 unspecified atom stereocenters. The van der Waals surface area contributed by atoms with Crippen LogP contribution in [0.15, 0.2) is 29.3 Å². The fraction of sp³-hybridized carbons (Fsp3) is 0.500. The molecule has 0 heterocycles. The average Bonchev–Trinajstić information content (AvgIpc) is 2.51. The van der Waals surface area contributed by atoms with Gasteiger partial charge in [-0.3, -0.25) is 4.99 Å². The molecule has 0 amide bonds. The summed E-state index contributed by atoms with van der Waals surface area (Å²) in [5.41, 5.74) is 1.66.